The zero-order valence-corrected chi connectivity index (χ0v) is 14.7. The molecule has 2 aromatic rings. The van der Waals surface area contributed by atoms with Crippen molar-refractivity contribution in [3.05, 3.63) is 68.8 Å². The Balaban J connectivity index is 2.57. The highest BCUT2D eigenvalue weighted by Crippen LogP contribution is 2.31. The maximum Gasteiger partial charge on any atom is 0.270 e. The van der Waals surface area contributed by atoms with Crippen molar-refractivity contribution in [1.29, 1.82) is 5.26 Å². The smallest absolute Gasteiger partial charge is 0.270 e. The van der Waals surface area contributed by atoms with Crippen molar-refractivity contribution in [3.8, 4) is 11.8 Å². The molecule has 0 fully saturated rings. The number of allylic oxidation sites excluding steroid dienone is 1. The zero-order valence-electron chi connectivity index (χ0n) is 14.7. The third-order valence-corrected chi connectivity index (χ3v) is 4.03. The van der Waals surface area contributed by atoms with Crippen molar-refractivity contribution in [2.75, 3.05) is 7.11 Å². The van der Waals surface area contributed by atoms with Crippen LogP contribution in [-0.2, 0) is 0 Å². The number of hydrogen-bond acceptors (Lipinski definition) is 4. The van der Waals surface area contributed by atoms with Crippen molar-refractivity contribution in [3.63, 3.8) is 0 Å². The number of ether oxygens (including phenoxy) is 1. The van der Waals surface area contributed by atoms with Crippen molar-refractivity contribution < 1.29 is 9.66 Å². The highest BCUT2D eigenvalue weighted by atomic mass is 16.6. The summed E-state index contributed by atoms with van der Waals surface area (Å²) in [7, 11) is 1.64. The van der Waals surface area contributed by atoms with Gasteiger partial charge in [0.25, 0.3) is 5.69 Å². The van der Waals surface area contributed by atoms with Crippen LogP contribution in [0.5, 0.6) is 5.75 Å². The summed E-state index contributed by atoms with van der Waals surface area (Å²) >= 11 is 0. The van der Waals surface area contributed by atoms with E-state index in [0.29, 0.717) is 11.1 Å². The van der Waals surface area contributed by atoms with Gasteiger partial charge in [-0.05, 0) is 53.3 Å². The molecule has 0 aromatic heterocycles. The minimum absolute atomic E-state index is 0.0343. The Kier molecular flexibility index (Phi) is 5.56. The van der Waals surface area contributed by atoms with Gasteiger partial charge in [-0.15, -0.1) is 0 Å². The summed E-state index contributed by atoms with van der Waals surface area (Å²) in [5.41, 5.74) is 3.79. The lowest BCUT2D eigenvalue weighted by Crippen LogP contribution is -1.97. The van der Waals surface area contributed by atoms with E-state index >= 15 is 0 Å². The van der Waals surface area contributed by atoms with Crippen molar-refractivity contribution in [1.82, 2.24) is 0 Å². The quantitative estimate of drug-likeness (QED) is 0.329. The van der Waals surface area contributed by atoms with Gasteiger partial charge in [-0.1, -0.05) is 26.0 Å². The first kappa shape index (κ1) is 18.2. The molecule has 0 saturated carbocycles. The molecule has 5 nitrogen and oxygen atoms in total. The fourth-order valence-electron chi connectivity index (χ4n) is 2.62. The van der Waals surface area contributed by atoms with E-state index in [1.54, 1.807) is 25.3 Å². The average Bonchev–Trinajstić information content (AvgIpc) is 2.60. The largest absolute Gasteiger partial charge is 0.496 e. The molecule has 5 heteroatoms. The second kappa shape index (κ2) is 7.63. The summed E-state index contributed by atoms with van der Waals surface area (Å²) in [4.78, 5) is 10.5. The second-order valence-electron chi connectivity index (χ2n) is 6.08. The van der Waals surface area contributed by atoms with E-state index in [9.17, 15) is 15.4 Å². The molecule has 0 atom stereocenters. The fourth-order valence-corrected chi connectivity index (χ4v) is 2.62. The number of nitro groups is 1. The third kappa shape index (κ3) is 4.04. The average molecular weight is 336 g/mol. The Labute approximate surface area is 147 Å². The standard InChI is InChI=1S/C20H20N2O3/c1-13(2)19-11-16(14(3)8-20(19)25-4)9-17(12-21)15-6-5-7-18(10-15)22(23)24/h5-11,13H,1-4H3. The van der Waals surface area contributed by atoms with Gasteiger partial charge in [-0.3, -0.25) is 10.1 Å². The number of non-ortho nitro benzene ring substituents is 1. The van der Waals surface area contributed by atoms with Crippen molar-refractivity contribution in [2.24, 2.45) is 0 Å². The maximum atomic E-state index is 11.0. The number of rotatable bonds is 5. The lowest BCUT2D eigenvalue weighted by molar-refractivity contribution is -0.384. The maximum absolute atomic E-state index is 11.0. The van der Waals surface area contributed by atoms with E-state index in [-0.39, 0.29) is 11.6 Å². The van der Waals surface area contributed by atoms with Gasteiger partial charge in [0.2, 0.25) is 0 Å². The van der Waals surface area contributed by atoms with Gasteiger partial charge in [0, 0.05) is 12.1 Å². The monoisotopic (exact) mass is 336 g/mol. The summed E-state index contributed by atoms with van der Waals surface area (Å²) in [6, 6.07) is 12.2. The van der Waals surface area contributed by atoms with Crippen LogP contribution in [0.4, 0.5) is 5.69 Å². The summed E-state index contributed by atoms with van der Waals surface area (Å²) in [6.07, 6.45) is 1.76. The summed E-state index contributed by atoms with van der Waals surface area (Å²) < 4.78 is 5.44. The first-order valence-corrected chi connectivity index (χ1v) is 7.92. The van der Waals surface area contributed by atoms with Gasteiger partial charge in [0.05, 0.1) is 23.7 Å². The summed E-state index contributed by atoms with van der Waals surface area (Å²) in [5.74, 6) is 1.09. The van der Waals surface area contributed by atoms with Crippen LogP contribution in [0.1, 0.15) is 42.0 Å². The van der Waals surface area contributed by atoms with Gasteiger partial charge >= 0.3 is 0 Å². The van der Waals surface area contributed by atoms with E-state index in [4.69, 9.17) is 4.74 Å². The molecule has 0 N–H and O–H groups in total. The molecule has 0 aliphatic heterocycles. The number of nitro benzene ring substituents is 1. The minimum atomic E-state index is -0.464. The van der Waals surface area contributed by atoms with Gasteiger partial charge in [-0.25, -0.2) is 0 Å². The van der Waals surface area contributed by atoms with Crippen LogP contribution < -0.4 is 4.74 Å². The molecule has 0 amide bonds. The molecule has 0 saturated heterocycles. The first-order chi connectivity index (χ1) is 11.9. The highest BCUT2D eigenvalue weighted by molar-refractivity contribution is 5.90. The molecule has 0 bridgehead atoms. The molecule has 0 aliphatic carbocycles. The van der Waals surface area contributed by atoms with Gasteiger partial charge in [-0.2, -0.15) is 5.26 Å². The predicted molar refractivity (Wildman–Crippen MR) is 98.4 cm³/mol. The van der Waals surface area contributed by atoms with Gasteiger partial charge in [0.1, 0.15) is 5.75 Å². The van der Waals surface area contributed by atoms with Crippen LogP contribution in [0.3, 0.4) is 0 Å². The summed E-state index contributed by atoms with van der Waals surface area (Å²) in [6.45, 7) is 6.10. The zero-order chi connectivity index (χ0) is 18.6. The molecule has 0 unspecified atom stereocenters. The van der Waals surface area contributed by atoms with E-state index in [0.717, 1.165) is 22.4 Å². The molecule has 0 heterocycles. The summed E-state index contributed by atoms with van der Waals surface area (Å²) in [5, 5.41) is 20.5. The third-order valence-electron chi connectivity index (χ3n) is 4.03. The molecular weight excluding hydrogens is 316 g/mol. The van der Waals surface area contributed by atoms with Crippen LogP contribution in [0.2, 0.25) is 0 Å². The number of nitriles is 1. The lowest BCUT2D eigenvalue weighted by Gasteiger charge is -2.15. The molecule has 25 heavy (non-hydrogen) atoms. The van der Waals surface area contributed by atoms with Crippen LogP contribution in [0.15, 0.2) is 36.4 Å². The number of nitrogens with zero attached hydrogens (tertiary/aromatic N) is 2. The molecule has 0 radical (unpaired) electrons. The minimum Gasteiger partial charge on any atom is -0.496 e. The first-order valence-electron chi connectivity index (χ1n) is 7.92. The molecular formula is C20H20N2O3. The molecule has 0 aliphatic rings. The van der Waals surface area contributed by atoms with E-state index < -0.39 is 4.92 Å². The van der Waals surface area contributed by atoms with Gasteiger partial charge in [0.15, 0.2) is 0 Å². The van der Waals surface area contributed by atoms with Crippen LogP contribution in [0.25, 0.3) is 11.6 Å². The SMILES string of the molecule is COc1cc(C)c(C=C(C#N)c2cccc([N+](=O)[O-])c2)cc1C(C)C. The van der Waals surface area contributed by atoms with Crippen LogP contribution in [-0.4, -0.2) is 12.0 Å². The number of hydrogen-bond donors (Lipinski definition) is 0. The Morgan fingerprint density at radius 2 is 2.04 bits per heavy atom. The topological polar surface area (TPSA) is 76.2 Å². The molecule has 2 rings (SSSR count). The normalized spacial score (nSPS) is 11.3. The Morgan fingerprint density at radius 3 is 2.60 bits per heavy atom. The van der Waals surface area contributed by atoms with Crippen molar-refractivity contribution in [2.45, 2.75) is 26.7 Å². The number of aryl methyl sites for hydroxylation is 1. The number of methoxy groups -OCH3 is 1. The lowest BCUT2D eigenvalue weighted by atomic mass is 9.94. The van der Waals surface area contributed by atoms with E-state index in [1.807, 2.05) is 19.1 Å². The molecule has 2 aromatic carbocycles. The Hall–Kier alpha value is -3.13. The molecule has 0 spiro atoms. The predicted octanol–water partition coefficient (Wildman–Crippen LogP) is 5.10. The fraction of sp³-hybridized carbons (Fsp3) is 0.250. The second-order valence-corrected chi connectivity index (χ2v) is 6.08. The van der Waals surface area contributed by atoms with E-state index in [1.165, 1.54) is 12.1 Å². The Bertz CT molecular complexity index is 877. The van der Waals surface area contributed by atoms with Gasteiger partial charge < -0.3 is 4.74 Å². The van der Waals surface area contributed by atoms with Crippen LogP contribution in [0, 0.1) is 28.4 Å². The van der Waals surface area contributed by atoms with Crippen molar-refractivity contribution >= 4 is 17.3 Å². The van der Waals surface area contributed by atoms with E-state index in [2.05, 4.69) is 19.9 Å². The highest BCUT2D eigenvalue weighted by Gasteiger charge is 2.13. The van der Waals surface area contributed by atoms with Crippen LogP contribution >= 0.6 is 0 Å². The Morgan fingerprint density at radius 1 is 1.32 bits per heavy atom. The molecule has 128 valence electrons. The number of benzene rings is 2.